The van der Waals surface area contributed by atoms with E-state index in [4.69, 9.17) is 0 Å². The summed E-state index contributed by atoms with van der Waals surface area (Å²) < 4.78 is 0. The van der Waals surface area contributed by atoms with Crippen LogP contribution in [0.1, 0.15) is 60.3 Å². The zero-order chi connectivity index (χ0) is 14.3. The predicted octanol–water partition coefficient (Wildman–Crippen LogP) is 2.62. The molecule has 1 heterocycles. The van der Waals surface area contributed by atoms with Crippen molar-refractivity contribution in [3.05, 3.63) is 0 Å². The van der Waals surface area contributed by atoms with Crippen LogP contribution in [0, 0.1) is 0 Å². The summed E-state index contributed by atoms with van der Waals surface area (Å²) in [5.41, 5.74) is 0.301. The van der Waals surface area contributed by atoms with Crippen molar-refractivity contribution in [3.8, 4) is 0 Å². The molecular formula is C16H35N3. The summed E-state index contributed by atoms with van der Waals surface area (Å²) in [6, 6.07) is 1.28. The van der Waals surface area contributed by atoms with Gasteiger partial charge >= 0.3 is 0 Å². The van der Waals surface area contributed by atoms with Crippen LogP contribution in [0.25, 0.3) is 0 Å². The molecule has 1 aliphatic rings. The molecule has 114 valence electrons. The minimum Gasteiger partial charge on any atom is -0.312 e. The van der Waals surface area contributed by atoms with Crippen LogP contribution in [-0.2, 0) is 0 Å². The third kappa shape index (κ3) is 5.80. The molecule has 0 aromatic heterocycles. The zero-order valence-electron chi connectivity index (χ0n) is 13.8. The highest BCUT2D eigenvalue weighted by molar-refractivity contribution is 4.90. The van der Waals surface area contributed by atoms with E-state index in [0.717, 1.165) is 13.1 Å². The molecule has 3 heteroatoms. The van der Waals surface area contributed by atoms with Crippen molar-refractivity contribution in [2.45, 2.75) is 77.9 Å². The van der Waals surface area contributed by atoms with Gasteiger partial charge in [-0.3, -0.25) is 4.90 Å². The zero-order valence-corrected chi connectivity index (χ0v) is 13.8. The van der Waals surface area contributed by atoms with E-state index < -0.39 is 0 Å². The largest absolute Gasteiger partial charge is 0.312 e. The minimum atomic E-state index is 0.301. The number of nitrogens with zero attached hydrogens (tertiary/aromatic N) is 1. The lowest BCUT2D eigenvalue weighted by atomic mass is 10.0. The Morgan fingerprint density at radius 3 is 1.63 bits per heavy atom. The molecule has 1 rings (SSSR count). The molecule has 2 N–H and O–H groups in total. The fourth-order valence-electron chi connectivity index (χ4n) is 2.92. The van der Waals surface area contributed by atoms with E-state index in [-0.39, 0.29) is 0 Å². The van der Waals surface area contributed by atoms with Crippen LogP contribution < -0.4 is 10.6 Å². The Kier molecular flexibility index (Phi) is 7.33. The molecular weight excluding hydrogens is 234 g/mol. The number of likely N-dealkylation sites (tertiary alicyclic amines) is 1. The molecule has 0 unspecified atom stereocenters. The highest BCUT2D eigenvalue weighted by Crippen LogP contribution is 2.20. The summed E-state index contributed by atoms with van der Waals surface area (Å²) in [7, 11) is 0. The summed E-state index contributed by atoms with van der Waals surface area (Å²) in [5.74, 6) is 0. The molecule has 0 aliphatic carbocycles. The Morgan fingerprint density at radius 2 is 1.32 bits per heavy atom. The maximum absolute atomic E-state index is 3.75. The lowest BCUT2D eigenvalue weighted by Crippen LogP contribution is -2.48. The van der Waals surface area contributed by atoms with Gasteiger partial charge in [-0.05, 0) is 59.5 Å². The van der Waals surface area contributed by atoms with E-state index in [1.54, 1.807) is 0 Å². The molecule has 0 amide bonds. The maximum atomic E-state index is 3.75. The van der Waals surface area contributed by atoms with Gasteiger partial charge in [0.15, 0.2) is 0 Å². The molecule has 0 spiro atoms. The van der Waals surface area contributed by atoms with Crippen LogP contribution >= 0.6 is 0 Å². The lowest BCUT2D eigenvalue weighted by molar-refractivity contribution is 0.141. The standard InChI is InChI=1S/C16H35N3/c1-6-10-17-14-8-12-19(16(3,4)5)13-9-15(14)18-11-7-2/h14-15,17-18H,6-13H2,1-5H3/t14-,15-/m1/s1. The molecule has 2 atom stereocenters. The molecule has 0 radical (unpaired) electrons. The summed E-state index contributed by atoms with van der Waals surface area (Å²) in [6.07, 6.45) is 4.97. The third-order valence-electron chi connectivity index (χ3n) is 4.17. The normalized spacial score (nSPS) is 26.4. The van der Waals surface area contributed by atoms with Crippen LogP contribution in [-0.4, -0.2) is 48.7 Å². The number of hydrogen-bond donors (Lipinski definition) is 2. The Hall–Kier alpha value is -0.120. The van der Waals surface area contributed by atoms with Crippen LogP contribution in [0.4, 0.5) is 0 Å². The smallest absolute Gasteiger partial charge is 0.0233 e. The van der Waals surface area contributed by atoms with E-state index in [2.05, 4.69) is 50.2 Å². The van der Waals surface area contributed by atoms with Gasteiger partial charge in [0.05, 0.1) is 0 Å². The van der Waals surface area contributed by atoms with Gasteiger partial charge in [0.25, 0.3) is 0 Å². The van der Waals surface area contributed by atoms with Crippen LogP contribution in [0.15, 0.2) is 0 Å². The van der Waals surface area contributed by atoms with E-state index in [0.29, 0.717) is 17.6 Å². The molecule has 0 saturated carbocycles. The number of hydrogen-bond acceptors (Lipinski definition) is 3. The van der Waals surface area contributed by atoms with Gasteiger partial charge < -0.3 is 10.6 Å². The van der Waals surface area contributed by atoms with Crippen molar-refractivity contribution < 1.29 is 0 Å². The molecule has 0 bridgehead atoms. The second kappa shape index (κ2) is 8.23. The van der Waals surface area contributed by atoms with Gasteiger partial charge in [0.2, 0.25) is 0 Å². The average molecular weight is 269 g/mol. The van der Waals surface area contributed by atoms with Crippen molar-refractivity contribution in [1.82, 2.24) is 15.5 Å². The Morgan fingerprint density at radius 1 is 0.895 bits per heavy atom. The van der Waals surface area contributed by atoms with Crippen molar-refractivity contribution in [1.29, 1.82) is 0 Å². The van der Waals surface area contributed by atoms with Gasteiger partial charge in [-0.25, -0.2) is 0 Å². The SMILES string of the molecule is CCCN[C@@H]1CCN(C(C)(C)C)CC[C@H]1NCCC. The van der Waals surface area contributed by atoms with E-state index in [9.17, 15) is 0 Å². The Labute approximate surface area is 120 Å². The second-order valence-corrected chi connectivity index (χ2v) is 6.86. The van der Waals surface area contributed by atoms with Gasteiger partial charge in [0, 0.05) is 30.7 Å². The van der Waals surface area contributed by atoms with Gasteiger partial charge in [-0.2, -0.15) is 0 Å². The molecule has 19 heavy (non-hydrogen) atoms. The van der Waals surface area contributed by atoms with Crippen LogP contribution in [0.2, 0.25) is 0 Å². The van der Waals surface area contributed by atoms with Crippen LogP contribution in [0.5, 0.6) is 0 Å². The average Bonchev–Trinajstić information content (AvgIpc) is 2.55. The number of rotatable bonds is 6. The highest BCUT2D eigenvalue weighted by Gasteiger charge is 2.29. The predicted molar refractivity (Wildman–Crippen MR) is 84.7 cm³/mol. The summed E-state index contributed by atoms with van der Waals surface area (Å²) in [6.45, 7) is 16.2. The topological polar surface area (TPSA) is 27.3 Å². The van der Waals surface area contributed by atoms with Crippen molar-refractivity contribution in [3.63, 3.8) is 0 Å². The summed E-state index contributed by atoms with van der Waals surface area (Å²) >= 11 is 0. The third-order valence-corrected chi connectivity index (χ3v) is 4.17. The Balaban J connectivity index is 2.59. The van der Waals surface area contributed by atoms with E-state index in [1.165, 1.54) is 38.8 Å². The quantitative estimate of drug-likeness (QED) is 0.776. The van der Waals surface area contributed by atoms with Crippen molar-refractivity contribution in [2.75, 3.05) is 26.2 Å². The fraction of sp³-hybridized carbons (Fsp3) is 1.00. The van der Waals surface area contributed by atoms with Crippen molar-refractivity contribution in [2.24, 2.45) is 0 Å². The molecule has 3 nitrogen and oxygen atoms in total. The van der Waals surface area contributed by atoms with E-state index in [1.807, 2.05) is 0 Å². The lowest BCUT2D eigenvalue weighted by Gasteiger charge is -2.34. The summed E-state index contributed by atoms with van der Waals surface area (Å²) in [5, 5.41) is 7.51. The first-order valence-electron chi connectivity index (χ1n) is 8.20. The molecule has 1 fully saturated rings. The second-order valence-electron chi connectivity index (χ2n) is 6.86. The van der Waals surface area contributed by atoms with E-state index >= 15 is 0 Å². The first-order chi connectivity index (χ1) is 8.99. The van der Waals surface area contributed by atoms with Crippen molar-refractivity contribution >= 4 is 0 Å². The molecule has 0 aromatic rings. The van der Waals surface area contributed by atoms with Gasteiger partial charge in [0.1, 0.15) is 0 Å². The van der Waals surface area contributed by atoms with Gasteiger partial charge in [-0.15, -0.1) is 0 Å². The molecule has 0 aromatic carbocycles. The summed E-state index contributed by atoms with van der Waals surface area (Å²) in [4.78, 5) is 2.64. The minimum absolute atomic E-state index is 0.301. The Bertz CT molecular complexity index is 217. The monoisotopic (exact) mass is 269 g/mol. The number of nitrogens with one attached hydrogen (secondary N) is 2. The highest BCUT2D eigenvalue weighted by atomic mass is 15.2. The maximum Gasteiger partial charge on any atom is 0.0233 e. The molecule has 1 saturated heterocycles. The first-order valence-corrected chi connectivity index (χ1v) is 8.20. The van der Waals surface area contributed by atoms with Gasteiger partial charge in [-0.1, -0.05) is 13.8 Å². The molecule has 1 aliphatic heterocycles. The fourth-order valence-corrected chi connectivity index (χ4v) is 2.92. The van der Waals surface area contributed by atoms with Crippen LogP contribution in [0.3, 0.4) is 0 Å². The first kappa shape index (κ1) is 16.9.